The summed E-state index contributed by atoms with van der Waals surface area (Å²) in [5.41, 5.74) is 0.249. The highest BCUT2D eigenvalue weighted by Crippen LogP contribution is 2.26. The lowest BCUT2D eigenvalue weighted by Crippen LogP contribution is -2.01. The summed E-state index contributed by atoms with van der Waals surface area (Å²) in [5.74, 6) is -0.333. The van der Waals surface area contributed by atoms with Crippen molar-refractivity contribution < 1.29 is 14.6 Å². The van der Waals surface area contributed by atoms with Gasteiger partial charge in [0.15, 0.2) is 0 Å². The van der Waals surface area contributed by atoms with Crippen LogP contribution < -0.4 is 4.74 Å². The molecule has 0 saturated heterocycles. The van der Waals surface area contributed by atoms with Crippen LogP contribution in [0.15, 0.2) is 22.7 Å². The van der Waals surface area contributed by atoms with Crippen LogP contribution in [0.3, 0.4) is 0 Å². The molecule has 0 saturated carbocycles. The SMILES string of the molecule is CCCCCCCOc1cc(C(=O)O)ccc1Br. The zero-order chi connectivity index (χ0) is 13.4. The Balaban J connectivity index is 2.41. The van der Waals surface area contributed by atoms with Gasteiger partial charge < -0.3 is 9.84 Å². The van der Waals surface area contributed by atoms with Crippen LogP contribution in [0, 0.1) is 0 Å². The van der Waals surface area contributed by atoms with Gasteiger partial charge in [-0.2, -0.15) is 0 Å². The summed E-state index contributed by atoms with van der Waals surface area (Å²) in [5, 5.41) is 8.90. The van der Waals surface area contributed by atoms with Gasteiger partial charge in [-0.25, -0.2) is 4.79 Å². The summed E-state index contributed by atoms with van der Waals surface area (Å²) in [6.07, 6.45) is 5.88. The lowest BCUT2D eigenvalue weighted by Gasteiger charge is -2.08. The van der Waals surface area contributed by atoms with Crippen LogP contribution in [0.4, 0.5) is 0 Å². The lowest BCUT2D eigenvalue weighted by molar-refractivity contribution is 0.0696. The molecule has 4 heteroatoms. The van der Waals surface area contributed by atoms with E-state index >= 15 is 0 Å². The van der Waals surface area contributed by atoms with Crippen molar-refractivity contribution in [3.63, 3.8) is 0 Å². The summed E-state index contributed by atoms with van der Waals surface area (Å²) >= 11 is 3.36. The van der Waals surface area contributed by atoms with Crippen molar-refractivity contribution >= 4 is 21.9 Å². The van der Waals surface area contributed by atoms with Gasteiger partial charge in [-0.3, -0.25) is 0 Å². The highest BCUT2D eigenvalue weighted by molar-refractivity contribution is 9.10. The zero-order valence-electron chi connectivity index (χ0n) is 10.6. The molecule has 0 aliphatic heterocycles. The lowest BCUT2D eigenvalue weighted by atomic mass is 10.2. The van der Waals surface area contributed by atoms with Gasteiger partial charge in [-0.15, -0.1) is 0 Å². The van der Waals surface area contributed by atoms with E-state index in [1.165, 1.54) is 19.3 Å². The van der Waals surface area contributed by atoms with E-state index < -0.39 is 5.97 Å². The van der Waals surface area contributed by atoms with Gasteiger partial charge in [0.2, 0.25) is 0 Å². The van der Waals surface area contributed by atoms with Gasteiger partial charge in [-0.05, 0) is 40.5 Å². The zero-order valence-corrected chi connectivity index (χ0v) is 12.2. The maximum absolute atomic E-state index is 10.8. The Bertz CT molecular complexity index is 391. The number of halogens is 1. The molecule has 0 atom stereocenters. The van der Waals surface area contributed by atoms with Crippen molar-refractivity contribution in [2.45, 2.75) is 39.0 Å². The molecular weight excluding hydrogens is 296 g/mol. The summed E-state index contributed by atoms with van der Waals surface area (Å²) in [7, 11) is 0. The smallest absolute Gasteiger partial charge is 0.335 e. The van der Waals surface area contributed by atoms with Crippen LogP contribution in [0.5, 0.6) is 5.75 Å². The van der Waals surface area contributed by atoms with E-state index in [0.29, 0.717) is 12.4 Å². The van der Waals surface area contributed by atoms with Gasteiger partial charge in [-0.1, -0.05) is 32.6 Å². The Morgan fingerprint density at radius 3 is 2.67 bits per heavy atom. The van der Waals surface area contributed by atoms with Crippen LogP contribution in [-0.2, 0) is 0 Å². The van der Waals surface area contributed by atoms with Crippen molar-refractivity contribution in [3.05, 3.63) is 28.2 Å². The first kappa shape index (κ1) is 15.0. The molecule has 0 aromatic heterocycles. The molecule has 0 unspecified atom stereocenters. The van der Waals surface area contributed by atoms with Crippen molar-refractivity contribution in [2.75, 3.05) is 6.61 Å². The Morgan fingerprint density at radius 2 is 2.00 bits per heavy atom. The second-order valence-corrected chi connectivity index (χ2v) is 5.07. The number of carboxylic acids is 1. The van der Waals surface area contributed by atoms with E-state index in [1.807, 2.05) is 0 Å². The number of carboxylic acid groups (broad SMARTS) is 1. The standard InChI is InChI=1S/C14H19BrO3/c1-2-3-4-5-6-9-18-13-10-11(14(16)17)7-8-12(13)15/h7-8,10H,2-6,9H2,1H3,(H,16,17). The highest BCUT2D eigenvalue weighted by atomic mass is 79.9. The Hall–Kier alpha value is -1.03. The average molecular weight is 315 g/mol. The summed E-state index contributed by atoms with van der Waals surface area (Å²) in [4.78, 5) is 10.8. The van der Waals surface area contributed by atoms with Crippen molar-refractivity contribution in [1.82, 2.24) is 0 Å². The predicted octanol–water partition coefficient (Wildman–Crippen LogP) is 4.50. The second-order valence-electron chi connectivity index (χ2n) is 4.21. The van der Waals surface area contributed by atoms with Crippen LogP contribution in [0.25, 0.3) is 0 Å². The molecule has 18 heavy (non-hydrogen) atoms. The topological polar surface area (TPSA) is 46.5 Å². The number of aromatic carboxylic acids is 1. The van der Waals surface area contributed by atoms with Crippen molar-refractivity contribution in [2.24, 2.45) is 0 Å². The van der Waals surface area contributed by atoms with Crippen LogP contribution in [0.2, 0.25) is 0 Å². The third-order valence-corrected chi connectivity index (χ3v) is 3.34. The fourth-order valence-corrected chi connectivity index (χ4v) is 2.00. The number of hydrogen-bond donors (Lipinski definition) is 1. The van der Waals surface area contributed by atoms with E-state index in [0.717, 1.165) is 17.3 Å². The number of ether oxygens (including phenoxy) is 1. The molecule has 1 aromatic rings. The highest BCUT2D eigenvalue weighted by Gasteiger charge is 2.07. The van der Waals surface area contributed by atoms with Gasteiger partial charge in [0.25, 0.3) is 0 Å². The summed E-state index contributed by atoms with van der Waals surface area (Å²) in [6.45, 7) is 2.82. The van der Waals surface area contributed by atoms with Gasteiger partial charge in [0.1, 0.15) is 5.75 Å². The largest absolute Gasteiger partial charge is 0.492 e. The number of hydrogen-bond acceptors (Lipinski definition) is 2. The number of unbranched alkanes of at least 4 members (excludes halogenated alkanes) is 4. The van der Waals surface area contributed by atoms with Gasteiger partial charge in [0.05, 0.1) is 16.6 Å². The molecule has 1 aromatic carbocycles. The molecular formula is C14H19BrO3. The molecule has 0 aliphatic rings. The van der Waals surface area contributed by atoms with Crippen LogP contribution >= 0.6 is 15.9 Å². The van der Waals surface area contributed by atoms with E-state index in [2.05, 4.69) is 22.9 Å². The molecule has 0 aliphatic carbocycles. The fourth-order valence-electron chi connectivity index (χ4n) is 1.63. The molecule has 0 heterocycles. The quantitative estimate of drug-likeness (QED) is 0.719. The number of carbonyl (C=O) groups is 1. The molecule has 1 rings (SSSR count). The monoisotopic (exact) mass is 314 g/mol. The van der Waals surface area contributed by atoms with E-state index in [-0.39, 0.29) is 5.56 Å². The molecule has 0 spiro atoms. The predicted molar refractivity (Wildman–Crippen MR) is 75.4 cm³/mol. The van der Waals surface area contributed by atoms with E-state index in [1.54, 1.807) is 18.2 Å². The maximum Gasteiger partial charge on any atom is 0.335 e. The normalized spacial score (nSPS) is 10.3. The molecule has 0 amide bonds. The molecule has 3 nitrogen and oxygen atoms in total. The molecule has 0 fully saturated rings. The summed E-state index contributed by atoms with van der Waals surface area (Å²) < 4.78 is 6.39. The van der Waals surface area contributed by atoms with Crippen LogP contribution in [0.1, 0.15) is 49.4 Å². The van der Waals surface area contributed by atoms with Crippen molar-refractivity contribution in [1.29, 1.82) is 0 Å². The molecule has 0 radical (unpaired) electrons. The molecule has 1 N–H and O–H groups in total. The maximum atomic E-state index is 10.8. The minimum absolute atomic E-state index is 0.249. The minimum atomic E-state index is -0.935. The second kappa shape index (κ2) is 8.14. The summed E-state index contributed by atoms with van der Waals surface area (Å²) in [6, 6.07) is 4.81. The number of rotatable bonds is 8. The molecule has 0 bridgehead atoms. The van der Waals surface area contributed by atoms with Crippen LogP contribution in [-0.4, -0.2) is 17.7 Å². The third kappa shape index (κ3) is 5.08. The van der Waals surface area contributed by atoms with Gasteiger partial charge >= 0.3 is 5.97 Å². The molecule has 100 valence electrons. The first-order valence-electron chi connectivity index (χ1n) is 6.30. The average Bonchev–Trinajstić information content (AvgIpc) is 2.35. The van der Waals surface area contributed by atoms with Crippen molar-refractivity contribution in [3.8, 4) is 5.75 Å². The van der Waals surface area contributed by atoms with E-state index in [4.69, 9.17) is 9.84 Å². The number of benzene rings is 1. The third-order valence-electron chi connectivity index (χ3n) is 2.68. The first-order valence-corrected chi connectivity index (χ1v) is 7.10. The minimum Gasteiger partial charge on any atom is -0.492 e. The Morgan fingerprint density at radius 1 is 1.28 bits per heavy atom. The van der Waals surface area contributed by atoms with Gasteiger partial charge in [0, 0.05) is 0 Å². The fraction of sp³-hybridized carbons (Fsp3) is 0.500. The Labute approximate surface area is 116 Å². The van der Waals surface area contributed by atoms with E-state index in [9.17, 15) is 4.79 Å². The first-order chi connectivity index (χ1) is 8.65. The Kier molecular flexibility index (Phi) is 6.80.